The number of nitrogens with zero attached hydrogens (tertiary/aromatic N) is 3. The lowest BCUT2D eigenvalue weighted by molar-refractivity contribution is 0.239. The Hall–Kier alpha value is -2.18. The highest BCUT2D eigenvalue weighted by molar-refractivity contribution is 5.49. The summed E-state index contributed by atoms with van der Waals surface area (Å²) in [5.74, 6) is 2.93. The van der Waals surface area contributed by atoms with Crippen molar-refractivity contribution >= 4 is 5.82 Å². The van der Waals surface area contributed by atoms with Crippen LogP contribution in [0.25, 0.3) is 0 Å². The summed E-state index contributed by atoms with van der Waals surface area (Å²) in [5.41, 5.74) is 7.74. The second-order valence-electron chi connectivity index (χ2n) is 8.34. The van der Waals surface area contributed by atoms with Crippen LogP contribution in [0.4, 0.5) is 5.82 Å². The SMILES string of the molecule is CNc1nc([C@H]2CCCN2)nc2c1CCN(Cc1c(C)cc(OC)c(C)c1C)C2. The summed E-state index contributed by atoms with van der Waals surface area (Å²) in [6, 6.07) is 2.46. The van der Waals surface area contributed by atoms with Gasteiger partial charge >= 0.3 is 0 Å². The smallest absolute Gasteiger partial charge is 0.147 e. The fourth-order valence-electron chi connectivity index (χ4n) is 4.68. The van der Waals surface area contributed by atoms with Gasteiger partial charge in [0, 0.05) is 32.2 Å². The number of nitrogens with one attached hydrogen (secondary N) is 2. The molecule has 0 bridgehead atoms. The van der Waals surface area contributed by atoms with Gasteiger partial charge in [-0.05, 0) is 74.9 Å². The zero-order chi connectivity index (χ0) is 20.5. The van der Waals surface area contributed by atoms with Gasteiger partial charge in [0.15, 0.2) is 0 Å². The lowest BCUT2D eigenvalue weighted by Gasteiger charge is -2.31. The molecule has 2 aromatic rings. The summed E-state index contributed by atoms with van der Waals surface area (Å²) in [7, 11) is 3.71. The molecule has 0 radical (unpaired) electrons. The van der Waals surface area contributed by atoms with E-state index >= 15 is 0 Å². The van der Waals surface area contributed by atoms with Gasteiger partial charge in [-0.15, -0.1) is 0 Å². The van der Waals surface area contributed by atoms with Crippen molar-refractivity contribution in [3.8, 4) is 5.75 Å². The molecule has 29 heavy (non-hydrogen) atoms. The first-order valence-electron chi connectivity index (χ1n) is 10.7. The zero-order valence-corrected chi connectivity index (χ0v) is 18.4. The van der Waals surface area contributed by atoms with Crippen molar-refractivity contribution in [2.45, 2.75) is 59.2 Å². The van der Waals surface area contributed by atoms with Crippen LogP contribution >= 0.6 is 0 Å². The number of hydrogen-bond donors (Lipinski definition) is 2. The molecule has 1 aromatic carbocycles. The highest BCUT2D eigenvalue weighted by Crippen LogP contribution is 2.31. The predicted molar refractivity (Wildman–Crippen MR) is 117 cm³/mol. The third kappa shape index (κ3) is 3.83. The quantitative estimate of drug-likeness (QED) is 0.809. The van der Waals surface area contributed by atoms with E-state index < -0.39 is 0 Å². The first kappa shape index (κ1) is 20.1. The van der Waals surface area contributed by atoms with E-state index in [4.69, 9.17) is 14.7 Å². The molecule has 2 aliphatic heterocycles. The summed E-state index contributed by atoms with van der Waals surface area (Å²) < 4.78 is 5.54. The number of ether oxygens (including phenoxy) is 1. The van der Waals surface area contributed by atoms with E-state index in [0.29, 0.717) is 0 Å². The van der Waals surface area contributed by atoms with Crippen LogP contribution < -0.4 is 15.4 Å². The first-order chi connectivity index (χ1) is 14.0. The molecule has 2 aliphatic rings. The van der Waals surface area contributed by atoms with Crippen LogP contribution in [0.15, 0.2) is 6.07 Å². The van der Waals surface area contributed by atoms with Gasteiger partial charge in [-0.3, -0.25) is 4.90 Å². The molecular weight excluding hydrogens is 362 g/mol. The molecule has 6 nitrogen and oxygen atoms in total. The maximum absolute atomic E-state index is 5.54. The van der Waals surface area contributed by atoms with E-state index in [2.05, 4.69) is 42.4 Å². The molecule has 1 fully saturated rings. The molecule has 1 atom stereocenters. The van der Waals surface area contributed by atoms with E-state index in [1.165, 1.54) is 39.9 Å². The van der Waals surface area contributed by atoms with Crippen LogP contribution in [0.2, 0.25) is 0 Å². The fourth-order valence-corrected chi connectivity index (χ4v) is 4.68. The molecule has 0 saturated carbocycles. The average Bonchev–Trinajstić information content (AvgIpc) is 3.27. The minimum absolute atomic E-state index is 0.288. The molecule has 0 spiro atoms. The molecule has 3 heterocycles. The fraction of sp³-hybridized carbons (Fsp3) is 0.565. The molecular formula is C23H33N5O. The predicted octanol–water partition coefficient (Wildman–Crippen LogP) is 3.43. The number of aromatic nitrogens is 2. The Balaban J connectivity index is 1.60. The number of hydrogen-bond acceptors (Lipinski definition) is 6. The highest BCUT2D eigenvalue weighted by Gasteiger charge is 2.26. The van der Waals surface area contributed by atoms with E-state index in [-0.39, 0.29) is 6.04 Å². The molecule has 0 amide bonds. The molecule has 156 valence electrons. The Morgan fingerprint density at radius 2 is 2.07 bits per heavy atom. The molecule has 2 N–H and O–H groups in total. The maximum Gasteiger partial charge on any atom is 0.147 e. The highest BCUT2D eigenvalue weighted by atomic mass is 16.5. The number of aryl methyl sites for hydroxylation is 1. The second-order valence-corrected chi connectivity index (χ2v) is 8.34. The number of fused-ring (bicyclic) bond motifs is 1. The minimum Gasteiger partial charge on any atom is -0.496 e. The zero-order valence-electron chi connectivity index (χ0n) is 18.4. The Labute approximate surface area is 174 Å². The lowest BCUT2D eigenvalue weighted by atomic mass is 9.96. The second kappa shape index (κ2) is 8.28. The molecule has 6 heteroatoms. The topological polar surface area (TPSA) is 62.3 Å². The minimum atomic E-state index is 0.288. The Morgan fingerprint density at radius 3 is 2.76 bits per heavy atom. The van der Waals surface area contributed by atoms with Crippen molar-refractivity contribution < 1.29 is 4.74 Å². The summed E-state index contributed by atoms with van der Waals surface area (Å²) in [5, 5.41) is 6.85. The van der Waals surface area contributed by atoms with E-state index in [0.717, 1.165) is 56.4 Å². The van der Waals surface area contributed by atoms with Gasteiger partial charge < -0.3 is 15.4 Å². The normalized spacial score (nSPS) is 19.3. The van der Waals surface area contributed by atoms with Crippen LogP contribution in [-0.2, 0) is 19.5 Å². The van der Waals surface area contributed by atoms with Crippen molar-refractivity contribution in [2.24, 2.45) is 0 Å². The van der Waals surface area contributed by atoms with E-state index in [9.17, 15) is 0 Å². The van der Waals surface area contributed by atoms with Crippen LogP contribution in [-0.4, -0.2) is 42.1 Å². The van der Waals surface area contributed by atoms with Crippen LogP contribution in [0.5, 0.6) is 5.75 Å². The van der Waals surface area contributed by atoms with Crippen molar-refractivity contribution in [3.05, 3.63) is 45.4 Å². The van der Waals surface area contributed by atoms with Gasteiger partial charge in [-0.1, -0.05) is 0 Å². The van der Waals surface area contributed by atoms with Gasteiger partial charge in [0.25, 0.3) is 0 Å². The third-order valence-electron chi connectivity index (χ3n) is 6.58. The largest absolute Gasteiger partial charge is 0.496 e. The first-order valence-corrected chi connectivity index (χ1v) is 10.7. The third-order valence-corrected chi connectivity index (χ3v) is 6.58. The lowest BCUT2D eigenvalue weighted by Crippen LogP contribution is -2.33. The Morgan fingerprint density at radius 1 is 1.24 bits per heavy atom. The molecule has 0 unspecified atom stereocenters. The van der Waals surface area contributed by atoms with Gasteiger partial charge in [-0.25, -0.2) is 9.97 Å². The average molecular weight is 396 g/mol. The van der Waals surface area contributed by atoms with Crippen LogP contribution in [0, 0.1) is 20.8 Å². The Bertz CT molecular complexity index is 905. The molecule has 1 saturated heterocycles. The molecule has 0 aliphatic carbocycles. The van der Waals surface area contributed by atoms with Gasteiger partial charge in [0.1, 0.15) is 17.4 Å². The number of rotatable bonds is 5. The molecule has 1 aromatic heterocycles. The van der Waals surface area contributed by atoms with Crippen LogP contribution in [0.3, 0.4) is 0 Å². The summed E-state index contributed by atoms with van der Waals surface area (Å²) in [4.78, 5) is 12.4. The monoisotopic (exact) mass is 395 g/mol. The van der Waals surface area contributed by atoms with Crippen molar-refractivity contribution in [1.29, 1.82) is 0 Å². The van der Waals surface area contributed by atoms with E-state index in [1.54, 1.807) is 7.11 Å². The summed E-state index contributed by atoms with van der Waals surface area (Å²) in [6.07, 6.45) is 3.30. The van der Waals surface area contributed by atoms with Gasteiger partial charge in [0.05, 0.1) is 18.8 Å². The number of methoxy groups -OCH3 is 1. The summed E-state index contributed by atoms with van der Waals surface area (Å²) >= 11 is 0. The number of benzene rings is 1. The van der Waals surface area contributed by atoms with E-state index in [1.807, 2.05) is 7.05 Å². The number of anilines is 1. The Kier molecular flexibility index (Phi) is 5.74. The summed E-state index contributed by atoms with van der Waals surface area (Å²) in [6.45, 7) is 10.4. The molecule has 4 rings (SSSR count). The maximum atomic E-state index is 5.54. The van der Waals surface area contributed by atoms with Crippen molar-refractivity contribution in [1.82, 2.24) is 20.2 Å². The van der Waals surface area contributed by atoms with Crippen molar-refractivity contribution in [3.63, 3.8) is 0 Å². The standard InChI is InChI=1S/C23H33N5O/c1-14-11-21(29-5)16(3)15(2)18(14)12-28-10-8-17-20(13-28)26-23(27-22(17)24-4)19-7-6-9-25-19/h11,19,25H,6-10,12-13H2,1-5H3,(H,24,26,27)/t19-/m1/s1. The van der Waals surface area contributed by atoms with Gasteiger partial charge in [-0.2, -0.15) is 0 Å². The van der Waals surface area contributed by atoms with Gasteiger partial charge in [0.2, 0.25) is 0 Å². The van der Waals surface area contributed by atoms with Crippen molar-refractivity contribution in [2.75, 3.05) is 32.6 Å². The van der Waals surface area contributed by atoms with Crippen LogP contribution in [0.1, 0.15) is 58.2 Å².